The normalized spacial score (nSPS) is 11.6. The van der Waals surface area contributed by atoms with Gasteiger partial charge >= 0.3 is 0 Å². The monoisotopic (exact) mass is 481 g/mol. The SMILES string of the molecule is COc1ccc(NC(=O)[C@H](Sc2nnc(-c3ccccc3OC)o2)c2ccccc2)cc1Cl. The fourth-order valence-electron chi connectivity index (χ4n) is 3.14. The highest BCUT2D eigenvalue weighted by Gasteiger charge is 2.26. The van der Waals surface area contributed by atoms with Crippen molar-refractivity contribution in [1.29, 1.82) is 0 Å². The molecule has 4 aromatic rings. The van der Waals surface area contributed by atoms with Crippen LogP contribution in [0.5, 0.6) is 11.5 Å². The average molecular weight is 482 g/mol. The van der Waals surface area contributed by atoms with Gasteiger partial charge < -0.3 is 19.2 Å². The lowest BCUT2D eigenvalue weighted by Gasteiger charge is -2.15. The topological polar surface area (TPSA) is 86.5 Å². The predicted molar refractivity (Wildman–Crippen MR) is 128 cm³/mol. The minimum Gasteiger partial charge on any atom is -0.496 e. The molecule has 1 heterocycles. The predicted octanol–water partition coefficient (Wildman–Crippen LogP) is 5.88. The number of amides is 1. The van der Waals surface area contributed by atoms with E-state index in [1.165, 1.54) is 7.11 Å². The van der Waals surface area contributed by atoms with Crippen molar-refractivity contribution in [2.24, 2.45) is 0 Å². The Balaban J connectivity index is 1.59. The molecule has 0 aliphatic rings. The van der Waals surface area contributed by atoms with Crippen LogP contribution < -0.4 is 14.8 Å². The van der Waals surface area contributed by atoms with E-state index in [0.29, 0.717) is 33.7 Å². The van der Waals surface area contributed by atoms with Crippen molar-refractivity contribution in [2.75, 3.05) is 19.5 Å². The Bertz CT molecular complexity index is 1250. The molecule has 0 saturated heterocycles. The van der Waals surface area contributed by atoms with Gasteiger partial charge in [-0.3, -0.25) is 4.79 Å². The third kappa shape index (κ3) is 5.30. The van der Waals surface area contributed by atoms with Gasteiger partial charge in [-0.15, -0.1) is 10.2 Å². The van der Waals surface area contributed by atoms with Crippen molar-refractivity contribution < 1.29 is 18.7 Å². The number of anilines is 1. The molecular weight excluding hydrogens is 462 g/mol. The van der Waals surface area contributed by atoms with Crippen LogP contribution in [0.15, 0.2) is 82.4 Å². The first-order chi connectivity index (χ1) is 16.1. The maximum absolute atomic E-state index is 13.2. The number of aromatic nitrogens is 2. The number of thioether (sulfide) groups is 1. The number of benzene rings is 3. The summed E-state index contributed by atoms with van der Waals surface area (Å²) in [7, 11) is 3.11. The Hall–Kier alpha value is -3.49. The zero-order chi connectivity index (χ0) is 23.2. The van der Waals surface area contributed by atoms with Crippen molar-refractivity contribution in [1.82, 2.24) is 10.2 Å². The number of carbonyl (C=O) groups excluding carboxylic acids is 1. The van der Waals surface area contributed by atoms with Crippen molar-refractivity contribution in [3.8, 4) is 23.0 Å². The number of halogens is 1. The highest BCUT2D eigenvalue weighted by molar-refractivity contribution is 8.00. The van der Waals surface area contributed by atoms with Gasteiger partial charge in [-0.05, 0) is 47.7 Å². The van der Waals surface area contributed by atoms with Gasteiger partial charge in [-0.2, -0.15) is 0 Å². The lowest BCUT2D eigenvalue weighted by molar-refractivity contribution is -0.115. The van der Waals surface area contributed by atoms with E-state index >= 15 is 0 Å². The Morgan fingerprint density at radius 1 is 0.970 bits per heavy atom. The Kier molecular flexibility index (Phi) is 7.16. The lowest BCUT2D eigenvalue weighted by atomic mass is 10.1. The number of methoxy groups -OCH3 is 2. The zero-order valence-corrected chi connectivity index (χ0v) is 19.4. The summed E-state index contributed by atoms with van der Waals surface area (Å²) in [6, 6.07) is 21.8. The molecular formula is C24H20ClN3O4S. The Labute approximate surface area is 200 Å². The maximum atomic E-state index is 13.2. The molecule has 0 fully saturated rings. The summed E-state index contributed by atoms with van der Waals surface area (Å²) >= 11 is 7.36. The third-order valence-corrected chi connectivity index (χ3v) is 6.11. The molecule has 1 aromatic heterocycles. The molecule has 0 radical (unpaired) electrons. The molecule has 168 valence electrons. The molecule has 4 rings (SSSR count). The lowest BCUT2D eigenvalue weighted by Crippen LogP contribution is -2.19. The average Bonchev–Trinajstić information content (AvgIpc) is 3.31. The highest BCUT2D eigenvalue weighted by atomic mass is 35.5. The first-order valence-electron chi connectivity index (χ1n) is 9.92. The van der Waals surface area contributed by atoms with E-state index in [1.807, 2.05) is 54.6 Å². The number of hydrogen-bond donors (Lipinski definition) is 1. The minimum atomic E-state index is -0.641. The number of nitrogens with one attached hydrogen (secondary N) is 1. The van der Waals surface area contributed by atoms with Gasteiger partial charge in [0.15, 0.2) is 0 Å². The van der Waals surface area contributed by atoms with Crippen LogP contribution in [0.2, 0.25) is 5.02 Å². The molecule has 0 aliphatic carbocycles. The van der Waals surface area contributed by atoms with Crippen LogP contribution in [0.25, 0.3) is 11.5 Å². The van der Waals surface area contributed by atoms with Gasteiger partial charge in [-0.1, -0.05) is 54.1 Å². The smallest absolute Gasteiger partial charge is 0.277 e. The number of carbonyl (C=O) groups is 1. The second-order valence-electron chi connectivity index (χ2n) is 6.82. The van der Waals surface area contributed by atoms with Crippen molar-refractivity contribution in [2.45, 2.75) is 10.5 Å². The van der Waals surface area contributed by atoms with Gasteiger partial charge in [0, 0.05) is 5.69 Å². The van der Waals surface area contributed by atoms with Crippen LogP contribution in [-0.4, -0.2) is 30.3 Å². The molecule has 33 heavy (non-hydrogen) atoms. The van der Waals surface area contributed by atoms with Crippen LogP contribution >= 0.6 is 23.4 Å². The summed E-state index contributed by atoms with van der Waals surface area (Å²) in [4.78, 5) is 13.2. The largest absolute Gasteiger partial charge is 0.496 e. The third-order valence-electron chi connectivity index (χ3n) is 4.72. The van der Waals surface area contributed by atoms with E-state index in [9.17, 15) is 4.79 Å². The first kappa shape index (κ1) is 22.7. The number of ether oxygens (including phenoxy) is 2. The molecule has 1 N–H and O–H groups in total. The second kappa shape index (κ2) is 10.4. The van der Waals surface area contributed by atoms with Crippen molar-refractivity contribution in [3.05, 3.63) is 83.4 Å². The summed E-state index contributed by atoms with van der Waals surface area (Å²) in [6.45, 7) is 0. The van der Waals surface area contributed by atoms with Gasteiger partial charge in [0.2, 0.25) is 5.91 Å². The highest BCUT2D eigenvalue weighted by Crippen LogP contribution is 2.38. The quantitative estimate of drug-likeness (QED) is 0.314. The van der Waals surface area contributed by atoms with Gasteiger partial charge in [0.1, 0.15) is 16.7 Å². The Morgan fingerprint density at radius 3 is 2.42 bits per heavy atom. The number of nitrogens with zero attached hydrogens (tertiary/aromatic N) is 2. The van der Waals surface area contributed by atoms with E-state index in [-0.39, 0.29) is 11.1 Å². The minimum absolute atomic E-state index is 0.257. The van der Waals surface area contributed by atoms with E-state index in [0.717, 1.165) is 17.3 Å². The second-order valence-corrected chi connectivity index (χ2v) is 8.28. The van der Waals surface area contributed by atoms with Crippen LogP contribution in [0.4, 0.5) is 5.69 Å². The zero-order valence-electron chi connectivity index (χ0n) is 17.8. The summed E-state index contributed by atoms with van der Waals surface area (Å²) in [5.41, 5.74) is 2.01. The molecule has 9 heteroatoms. The van der Waals surface area contributed by atoms with Crippen molar-refractivity contribution in [3.63, 3.8) is 0 Å². The Morgan fingerprint density at radius 2 is 1.70 bits per heavy atom. The molecule has 0 saturated carbocycles. The molecule has 0 unspecified atom stereocenters. The summed E-state index contributed by atoms with van der Waals surface area (Å²) in [5, 5.41) is 11.2. The van der Waals surface area contributed by atoms with E-state index < -0.39 is 5.25 Å². The van der Waals surface area contributed by atoms with Gasteiger partial charge in [-0.25, -0.2) is 0 Å². The number of rotatable bonds is 8. The molecule has 1 amide bonds. The first-order valence-corrected chi connectivity index (χ1v) is 11.2. The molecule has 0 bridgehead atoms. The maximum Gasteiger partial charge on any atom is 0.277 e. The van der Waals surface area contributed by atoms with E-state index in [1.54, 1.807) is 25.3 Å². The number of para-hydroxylation sites is 1. The standard InChI is InChI=1S/C24H20ClN3O4S/c1-30-19-11-7-6-10-17(19)23-27-28-24(32-23)33-21(15-8-4-3-5-9-15)22(29)26-16-12-13-20(31-2)18(25)14-16/h3-14,21H,1-2H3,(H,26,29)/t21-/m1/s1. The molecule has 0 aliphatic heterocycles. The molecule has 0 spiro atoms. The summed E-state index contributed by atoms with van der Waals surface area (Å²) in [6.07, 6.45) is 0. The van der Waals surface area contributed by atoms with E-state index in [4.69, 9.17) is 25.5 Å². The van der Waals surface area contributed by atoms with Crippen molar-refractivity contribution >= 4 is 35.0 Å². The van der Waals surface area contributed by atoms with E-state index in [2.05, 4.69) is 15.5 Å². The van der Waals surface area contributed by atoms with Gasteiger partial charge in [0.25, 0.3) is 11.1 Å². The number of hydrogen-bond acceptors (Lipinski definition) is 7. The molecule has 7 nitrogen and oxygen atoms in total. The fourth-order valence-corrected chi connectivity index (χ4v) is 4.27. The fraction of sp³-hybridized carbons (Fsp3) is 0.125. The van der Waals surface area contributed by atoms with Gasteiger partial charge in [0.05, 0.1) is 24.8 Å². The summed E-state index contributed by atoms with van der Waals surface area (Å²) < 4.78 is 16.4. The van der Waals surface area contributed by atoms with Crippen LogP contribution in [0.3, 0.4) is 0 Å². The summed E-state index contributed by atoms with van der Waals surface area (Å²) in [5.74, 6) is 1.19. The molecule has 3 aromatic carbocycles. The molecule has 1 atom stereocenters. The van der Waals surface area contributed by atoms with Crippen LogP contribution in [0.1, 0.15) is 10.8 Å². The van der Waals surface area contributed by atoms with Crippen LogP contribution in [0, 0.1) is 0 Å². The van der Waals surface area contributed by atoms with Crippen LogP contribution in [-0.2, 0) is 4.79 Å².